The van der Waals surface area contributed by atoms with Crippen LogP contribution in [0.3, 0.4) is 0 Å². The van der Waals surface area contributed by atoms with Gasteiger partial charge in [0, 0.05) is 41.6 Å². The molecule has 7 nitrogen and oxygen atoms in total. The molecule has 2 aromatic rings. The first-order chi connectivity index (χ1) is 11.3. The molecule has 1 aliphatic heterocycles. The lowest BCUT2D eigenvalue weighted by Crippen LogP contribution is -2.36. The van der Waals surface area contributed by atoms with E-state index in [9.17, 15) is 9.59 Å². The van der Waals surface area contributed by atoms with E-state index in [1.165, 1.54) is 11.3 Å². The summed E-state index contributed by atoms with van der Waals surface area (Å²) < 4.78 is 0. The van der Waals surface area contributed by atoms with E-state index < -0.39 is 5.41 Å². The molecule has 1 aliphatic rings. The zero-order valence-electron chi connectivity index (χ0n) is 14.0. The normalized spacial score (nSPS) is 14.4. The van der Waals surface area contributed by atoms with Crippen LogP contribution in [0.4, 0.5) is 5.13 Å². The standard InChI is InChI=1S/C16H21N5O2S/c1-16(2,3)14(23)19-15-18-11(9-24-15)6-13(22)21-5-4-12-10(8-21)7-17-20-12/h7,9H,4-6,8H2,1-3H3,(H,17,20)(H,18,19,23). The molecule has 3 rings (SSSR count). The van der Waals surface area contributed by atoms with Crippen LogP contribution in [0.5, 0.6) is 0 Å². The number of hydrogen-bond acceptors (Lipinski definition) is 5. The molecular formula is C16H21N5O2S. The Bertz CT molecular complexity index is 759. The van der Waals surface area contributed by atoms with E-state index in [1.807, 2.05) is 31.1 Å². The number of carbonyl (C=O) groups excluding carboxylic acids is 2. The van der Waals surface area contributed by atoms with E-state index in [-0.39, 0.29) is 18.2 Å². The molecule has 0 saturated carbocycles. The van der Waals surface area contributed by atoms with Crippen LogP contribution < -0.4 is 5.32 Å². The third kappa shape index (κ3) is 3.64. The molecule has 24 heavy (non-hydrogen) atoms. The van der Waals surface area contributed by atoms with Crippen molar-refractivity contribution < 1.29 is 9.59 Å². The molecule has 0 saturated heterocycles. The molecular weight excluding hydrogens is 326 g/mol. The average Bonchev–Trinajstić information content (AvgIpc) is 3.14. The number of H-pyrrole nitrogens is 1. The molecule has 8 heteroatoms. The van der Waals surface area contributed by atoms with Crippen molar-refractivity contribution in [3.63, 3.8) is 0 Å². The molecule has 0 unspecified atom stereocenters. The second-order valence-corrected chi connectivity index (χ2v) is 7.82. The molecule has 2 aromatic heterocycles. The zero-order chi connectivity index (χ0) is 17.3. The van der Waals surface area contributed by atoms with Gasteiger partial charge in [0.2, 0.25) is 11.8 Å². The second kappa shape index (κ2) is 6.35. The fraction of sp³-hybridized carbons (Fsp3) is 0.500. The Kier molecular flexibility index (Phi) is 4.40. The van der Waals surface area contributed by atoms with Gasteiger partial charge in [-0.2, -0.15) is 5.10 Å². The van der Waals surface area contributed by atoms with E-state index >= 15 is 0 Å². The highest BCUT2D eigenvalue weighted by Gasteiger charge is 2.24. The quantitative estimate of drug-likeness (QED) is 0.888. The molecule has 2 amide bonds. The maximum absolute atomic E-state index is 12.5. The lowest BCUT2D eigenvalue weighted by Gasteiger charge is -2.26. The molecule has 2 N–H and O–H groups in total. The van der Waals surface area contributed by atoms with Crippen molar-refractivity contribution in [3.8, 4) is 0 Å². The lowest BCUT2D eigenvalue weighted by atomic mass is 9.96. The van der Waals surface area contributed by atoms with Crippen molar-refractivity contribution in [2.24, 2.45) is 5.41 Å². The van der Waals surface area contributed by atoms with Gasteiger partial charge in [0.05, 0.1) is 18.3 Å². The highest BCUT2D eigenvalue weighted by molar-refractivity contribution is 7.13. The minimum atomic E-state index is -0.474. The van der Waals surface area contributed by atoms with Crippen molar-refractivity contribution in [2.75, 3.05) is 11.9 Å². The summed E-state index contributed by atoms with van der Waals surface area (Å²) in [6, 6.07) is 0. The Morgan fingerprint density at radius 2 is 2.21 bits per heavy atom. The SMILES string of the molecule is CC(C)(C)C(=O)Nc1nc(CC(=O)N2CCc3[nH]ncc3C2)cs1. The predicted molar refractivity (Wildman–Crippen MR) is 91.6 cm³/mol. The number of thiazole rings is 1. The van der Waals surface area contributed by atoms with E-state index in [2.05, 4.69) is 20.5 Å². The molecule has 3 heterocycles. The third-order valence-electron chi connectivity index (χ3n) is 3.94. The van der Waals surface area contributed by atoms with Crippen molar-refractivity contribution in [3.05, 3.63) is 28.5 Å². The minimum absolute atomic E-state index is 0.0425. The summed E-state index contributed by atoms with van der Waals surface area (Å²) >= 11 is 1.34. The predicted octanol–water partition coefficient (Wildman–Crippen LogP) is 1.98. The summed E-state index contributed by atoms with van der Waals surface area (Å²) in [6.45, 7) is 6.82. The largest absolute Gasteiger partial charge is 0.338 e. The Hall–Kier alpha value is -2.22. The summed E-state index contributed by atoms with van der Waals surface area (Å²) in [5, 5.41) is 12.1. The van der Waals surface area contributed by atoms with Gasteiger partial charge in [-0.15, -0.1) is 11.3 Å². The first-order valence-corrected chi connectivity index (χ1v) is 8.75. The first-order valence-electron chi connectivity index (χ1n) is 7.87. The second-order valence-electron chi connectivity index (χ2n) is 6.96. The maximum Gasteiger partial charge on any atom is 0.231 e. The van der Waals surface area contributed by atoms with E-state index in [0.29, 0.717) is 23.9 Å². The molecule has 0 aliphatic carbocycles. The van der Waals surface area contributed by atoms with Crippen molar-refractivity contribution in [2.45, 2.75) is 40.2 Å². The average molecular weight is 347 g/mol. The number of aromatic amines is 1. The van der Waals surface area contributed by atoms with Gasteiger partial charge >= 0.3 is 0 Å². The smallest absolute Gasteiger partial charge is 0.231 e. The van der Waals surface area contributed by atoms with Crippen LogP contribution in [0, 0.1) is 5.41 Å². The number of hydrogen-bond donors (Lipinski definition) is 2. The van der Waals surface area contributed by atoms with Gasteiger partial charge in [0.1, 0.15) is 0 Å². The van der Waals surface area contributed by atoms with Crippen LogP contribution in [0.2, 0.25) is 0 Å². The van der Waals surface area contributed by atoms with Gasteiger partial charge in [0.25, 0.3) is 0 Å². The Morgan fingerprint density at radius 3 is 2.96 bits per heavy atom. The summed E-state index contributed by atoms with van der Waals surface area (Å²) in [4.78, 5) is 30.6. The van der Waals surface area contributed by atoms with Crippen LogP contribution in [-0.4, -0.2) is 38.4 Å². The maximum atomic E-state index is 12.5. The van der Waals surface area contributed by atoms with E-state index in [0.717, 1.165) is 17.7 Å². The Labute approximate surface area is 144 Å². The van der Waals surface area contributed by atoms with Crippen LogP contribution in [-0.2, 0) is 29.0 Å². The zero-order valence-corrected chi connectivity index (χ0v) is 14.9. The number of rotatable bonds is 3. The Morgan fingerprint density at radius 1 is 1.42 bits per heavy atom. The minimum Gasteiger partial charge on any atom is -0.338 e. The molecule has 0 fully saturated rings. The molecule has 128 valence electrons. The number of nitrogens with one attached hydrogen (secondary N) is 2. The van der Waals surface area contributed by atoms with Gasteiger partial charge in [-0.1, -0.05) is 20.8 Å². The monoisotopic (exact) mass is 347 g/mol. The van der Waals surface area contributed by atoms with Crippen LogP contribution in [0.15, 0.2) is 11.6 Å². The highest BCUT2D eigenvalue weighted by atomic mass is 32.1. The van der Waals surface area contributed by atoms with Crippen LogP contribution >= 0.6 is 11.3 Å². The molecule has 0 atom stereocenters. The van der Waals surface area contributed by atoms with Gasteiger partial charge in [-0.25, -0.2) is 4.98 Å². The van der Waals surface area contributed by atoms with E-state index in [1.54, 1.807) is 6.20 Å². The van der Waals surface area contributed by atoms with Crippen molar-refractivity contribution in [1.29, 1.82) is 0 Å². The van der Waals surface area contributed by atoms with Crippen molar-refractivity contribution >= 4 is 28.3 Å². The number of nitrogens with zero attached hydrogens (tertiary/aromatic N) is 3. The summed E-state index contributed by atoms with van der Waals surface area (Å²) in [5.74, 6) is -0.0425. The first kappa shape index (κ1) is 16.6. The van der Waals surface area contributed by atoms with Crippen LogP contribution in [0.25, 0.3) is 0 Å². The number of amides is 2. The van der Waals surface area contributed by atoms with Gasteiger partial charge in [-0.05, 0) is 0 Å². The highest BCUT2D eigenvalue weighted by Crippen LogP contribution is 2.22. The van der Waals surface area contributed by atoms with Crippen LogP contribution in [0.1, 0.15) is 37.7 Å². The number of anilines is 1. The molecule has 0 spiro atoms. The fourth-order valence-electron chi connectivity index (χ4n) is 2.43. The summed E-state index contributed by atoms with van der Waals surface area (Å²) in [7, 11) is 0. The number of carbonyl (C=O) groups is 2. The van der Waals surface area contributed by atoms with Crippen molar-refractivity contribution in [1.82, 2.24) is 20.1 Å². The number of aromatic nitrogens is 3. The van der Waals surface area contributed by atoms with E-state index in [4.69, 9.17) is 0 Å². The number of fused-ring (bicyclic) bond motifs is 1. The molecule has 0 aromatic carbocycles. The van der Waals surface area contributed by atoms with Gasteiger partial charge < -0.3 is 10.2 Å². The lowest BCUT2D eigenvalue weighted by molar-refractivity contribution is -0.131. The van der Waals surface area contributed by atoms with Gasteiger partial charge in [0.15, 0.2) is 5.13 Å². The molecule has 0 bridgehead atoms. The Balaban J connectivity index is 1.59. The summed E-state index contributed by atoms with van der Waals surface area (Å²) in [6.07, 6.45) is 2.82. The fourth-order valence-corrected chi connectivity index (χ4v) is 3.14. The summed E-state index contributed by atoms with van der Waals surface area (Å²) in [5.41, 5.74) is 2.40. The topological polar surface area (TPSA) is 91.0 Å². The third-order valence-corrected chi connectivity index (χ3v) is 4.75. The molecule has 0 radical (unpaired) electrons. The van der Waals surface area contributed by atoms with Gasteiger partial charge in [-0.3, -0.25) is 14.7 Å².